The quantitative estimate of drug-likeness (QED) is 0.716. The van der Waals surface area contributed by atoms with E-state index < -0.39 is 0 Å². The van der Waals surface area contributed by atoms with Crippen molar-refractivity contribution in [2.45, 2.75) is 39.2 Å². The van der Waals surface area contributed by atoms with Crippen LogP contribution in [0.25, 0.3) is 10.8 Å². The van der Waals surface area contributed by atoms with E-state index in [-0.39, 0.29) is 0 Å². The van der Waals surface area contributed by atoms with E-state index >= 15 is 0 Å². The lowest BCUT2D eigenvalue weighted by Crippen LogP contribution is -2.32. The summed E-state index contributed by atoms with van der Waals surface area (Å²) in [7, 11) is 0. The molecule has 0 aliphatic carbocycles. The third kappa shape index (κ3) is 3.94. The molecule has 0 saturated carbocycles. The molecule has 1 unspecified atom stereocenters. The van der Waals surface area contributed by atoms with Crippen molar-refractivity contribution in [3.8, 4) is 0 Å². The summed E-state index contributed by atoms with van der Waals surface area (Å²) in [5, 5.41) is 6.36. The lowest BCUT2D eigenvalue weighted by molar-refractivity contribution is 0.505. The lowest BCUT2D eigenvalue weighted by Gasteiger charge is -2.19. The van der Waals surface area contributed by atoms with Crippen LogP contribution in [0.2, 0.25) is 0 Å². The van der Waals surface area contributed by atoms with Crippen molar-refractivity contribution in [3.05, 3.63) is 60.2 Å². The van der Waals surface area contributed by atoms with Crippen molar-refractivity contribution in [1.82, 2.24) is 5.32 Å². The fourth-order valence-corrected chi connectivity index (χ4v) is 2.72. The first-order valence-electron chi connectivity index (χ1n) is 7.55. The zero-order valence-electron chi connectivity index (χ0n) is 12.7. The minimum absolute atomic E-state index is 0.484. The van der Waals surface area contributed by atoms with Gasteiger partial charge >= 0.3 is 0 Å². The van der Waals surface area contributed by atoms with Gasteiger partial charge in [0.15, 0.2) is 0 Å². The van der Waals surface area contributed by atoms with E-state index in [1.165, 1.54) is 28.3 Å². The summed E-state index contributed by atoms with van der Waals surface area (Å²) in [6.07, 6.45) is 3.28. The largest absolute Gasteiger partial charge is 0.313 e. The molecule has 0 heterocycles. The van der Waals surface area contributed by atoms with E-state index in [9.17, 15) is 0 Å². The Morgan fingerprint density at radius 2 is 1.90 bits per heavy atom. The number of nitrogens with one attached hydrogen (secondary N) is 1. The highest BCUT2D eigenvalue weighted by molar-refractivity contribution is 5.85. The first-order chi connectivity index (χ1) is 9.70. The number of rotatable bonds is 7. The third-order valence-electron chi connectivity index (χ3n) is 3.62. The van der Waals surface area contributed by atoms with Gasteiger partial charge in [-0.3, -0.25) is 0 Å². The normalized spacial score (nSPS) is 12.5. The molecule has 0 aliphatic rings. The summed E-state index contributed by atoms with van der Waals surface area (Å²) in [6, 6.07) is 15.7. The minimum atomic E-state index is 0.484. The molecule has 0 radical (unpaired) electrons. The Balaban J connectivity index is 2.21. The summed E-state index contributed by atoms with van der Waals surface area (Å²) in [5.41, 5.74) is 2.68. The van der Waals surface area contributed by atoms with Crippen LogP contribution < -0.4 is 5.32 Å². The number of fused-ring (bicyclic) bond motifs is 1. The van der Waals surface area contributed by atoms with Crippen molar-refractivity contribution in [3.63, 3.8) is 0 Å². The average molecular weight is 267 g/mol. The standard InChI is InChI=1S/C19H25N/c1-4-12-20-18(13-15(2)3)14-17-10-7-9-16-8-5-6-11-19(16)17/h5-11,18,20H,2,4,12-14H2,1,3H3. The Morgan fingerprint density at radius 3 is 2.65 bits per heavy atom. The van der Waals surface area contributed by atoms with Gasteiger partial charge in [0, 0.05) is 6.04 Å². The van der Waals surface area contributed by atoms with Crippen LogP contribution in [0.3, 0.4) is 0 Å². The Hall–Kier alpha value is -1.60. The van der Waals surface area contributed by atoms with Crippen molar-refractivity contribution in [1.29, 1.82) is 0 Å². The highest BCUT2D eigenvalue weighted by Gasteiger charge is 2.10. The summed E-state index contributed by atoms with van der Waals surface area (Å²) < 4.78 is 0. The van der Waals surface area contributed by atoms with Gasteiger partial charge in [0.2, 0.25) is 0 Å². The van der Waals surface area contributed by atoms with E-state index in [1.807, 2.05) is 0 Å². The molecular formula is C19H25N. The highest BCUT2D eigenvalue weighted by Crippen LogP contribution is 2.21. The SMILES string of the molecule is C=C(C)CC(Cc1cccc2ccccc12)NCCC. The minimum Gasteiger partial charge on any atom is -0.313 e. The Labute approximate surface area is 122 Å². The van der Waals surface area contributed by atoms with E-state index in [1.54, 1.807) is 0 Å². The van der Waals surface area contributed by atoms with Crippen LogP contribution in [-0.2, 0) is 6.42 Å². The number of hydrogen-bond donors (Lipinski definition) is 1. The lowest BCUT2D eigenvalue weighted by atomic mass is 9.96. The van der Waals surface area contributed by atoms with Crippen LogP contribution in [0.1, 0.15) is 32.3 Å². The van der Waals surface area contributed by atoms with Crippen molar-refractivity contribution < 1.29 is 0 Å². The summed E-state index contributed by atoms with van der Waals surface area (Å²) in [5.74, 6) is 0. The molecule has 106 valence electrons. The summed E-state index contributed by atoms with van der Waals surface area (Å²) >= 11 is 0. The second-order valence-corrected chi connectivity index (χ2v) is 5.65. The molecule has 2 aromatic carbocycles. The van der Waals surface area contributed by atoms with Gasteiger partial charge in [0.1, 0.15) is 0 Å². The maximum absolute atomic E-state index is 4.07. The van der Waals surface area contributed by atoms with Crippen LogP contribution in [0.4, 0.5) is 0 Å². The Morgan fingerprint density at radius 1 is 1.15 bits per heavy atom. The second kappa shape index (κ2) is 7.25. The molecule has 1 heteroatoms. The van der Waals surface area contributed by atoms with Crippen LogP contribution in [0.5, 0.6) is 0 Å². The number of hydrogen-bond acceptors (Lipinski definition) is 1. The first-order valence-corrected chi connectivity index (χ1v) is 7.55. The number of benzene rings is 2. The van der Waals surface area contributed by atoms with Gasteiger partial charge < -0.3 is 5.32 Å². The molecule has 2 aromatic rings. The molecule has 0 aliphatic heterocycles. The highest BCUT2D eigenvalue weighted by atomic mass is 14.9. The third-order valence-corrected chi connectivity index (χ3v) is 3.62. The molecular weight excluding hydrogens is 242 g/mol. The van der Waals surface area contributed by atoms with Crippen molar-refractivity contribution >= 4 is 10.8 Å². The molecule has 1 N–H and O–H groups in total. The van der Waals surface area contributed by atoms with Gasteiger partial charge in [-0.1, -0.05) is 55.0 Å². The van der Waals surface area contributed by atoms with Gasteiger partial charge in [-0.2, -0.15) is 0 Å². The van der Waals surface area contributed by atoms with Gasteiger partial charge in [0.25, 0.3) is 0 Å². The molecule has 0 saturated heterocycles. The molecule has 20 heavy (non-hydrogen) atoms. The maximum Gasteiger partial charge on any atom is 0.0145 e. The maximum atomic E-state index is 4.07. The molecule has 0 bridgehead atoms. The molecule has 1 atom stereocenters. The van der Waals surface area contributed by atoms with Crippen LogP contribution in [-0.4, -0.2) is 12.6 Å². The van der Waals surface area contributed by atoms with Gasteiger partial charge in [-0.25, -0.2) is 0 Å². The van der Waals surface area contributed by atoms with E-state index in [0.717, 1.165) is 19.4 Å². The Kier molecular flexibility index (Phi) is 5.37. The summed E-state index contributed by atoms with van der Waals surface area (Å²) in [4.78, 5) is 0. The smallest absolute Gasteiger partial charge is 0.0145 e. The second-order valence-electron chi connectivity index (χ2n) is 5.65. The van der Waals surface area contributed by atoms with Crippen LogP contribution >= 0.6 is 0 Å². The first kappa shape index (κ1) is 14.8. The monoisotopic (exact) mass is 267 g/mol. The van der Waals surface area contributed by atoms with Crippen LogP contribution in [0, 0.1) is 0 Å². The molecule has 1 nitrogen and oxygen atoms in total. The predicted octanol–water partition coefficient (Wildman–Crippen LogP) is 4.72. The molecule has 0 spiro atoms. The van der Waals surface area contributed by atoms with Crippen molar-refractivity contribution in [2.75, 3.05) is 6.54 Å². The fraction of sp³-hybridized carbons (Fsp3) is 0.368. The van der Waals surface area contributed by atoms with Gasteiger partial charge in [-0.05, 0) is 49.1 Å². The fourth-order valence-electron chi connectivity index (χ4n) is 2.72. The average Bonchev–Trinajstić information content (AvgIpc) is 2.44. The zero-order chi connectivity index (χ0) is 14.4. The van der Waals surface area contributed by atoms with Crippen molar-refractivity contribution in [2.24, 2.45) is 0 Å². The summed E-state index contributed by atoms with van der Waals surface area (Å²) in [6.45, 7) is 9.46. The van der Waals surface area contributed by atoms with E-state index in [2.05, 4.69) is 68.2 Å². The molecule has 0 aromatic heterocycles. The molecule has 2 rings (SSSR count). The topological polar surface area (TPSA) is 12.0 Å². The van der Waals surface area contributed by atoms with Gasteiger partial charge in [0.05, 0.1) is 0 Å². The van der Waals surface area contributed by atoms with E-state index in [4.69, 9.17) is 0 Å². The van der Waals surface area contributed by atoms with Crippen LogP contribution in [0.15, 0.2) is 54.6 Å². The Bertz CT molecular complexity index is 565. The zero-order valence-corrected chi connectivity index (χ0v) is 12.7. The predicted molar refractivity (Wildman–Crippen MR) is 89.2 cm³/mol. The van der Waals surface area contributed by atoms with E-state index in [0.29, 0.717) is 6.04 Å². The van der Waals surface area contributed by atoms with Gasteiger partial charge in [-0.15, -0.1) is 6.58 Å². The molecule has 0 fully saturated rings. The molecule has 0 amide bonds.